The van der Waals surface area contributed by atoms with Gasteiger partial charge in [-0.05, 0) is 32.4 Å². The molecule has 0 aliphatic carbocycles. The number of carbonyl (C=O) groups is 1. The summed E-state index contributed by atoms with van der Waals surface area (Å²) < 4.78 is 5.51. The van der Waals surface area contributed by atoms with Gasteiger partial charge in [-0.25, -0.2) is 0 Å². The van der Waals surface area contributed by atoms with Crippen LogP contribution in [-0.4, -0.2) is 80.3 Å². The molecule has 0 aromatic rings. The molecule has 2 aliphatic heterocycles. The molecule has 0 aromatic heterocycles. The van der Waals surface area contributed by atoms with Gasteiger partial charge in [-0.15, -0.1) is 0 Å². The van der Waals surface area contributed by atoms with Gasteiger partial charge in [-0.2, -0.15) is 0 Å². The third kappa shape index (κ3) is 4.24. The van der Waals surface area contributed by atoms with Crippen LogP contribution in [0.1, 0.15) is 19.3 Å². The van der Waals surface area contributed by atoms with Gasteiger partial charge in [0.1, 0.15) is 6.29 Å². The zero-order chi connectivity index (χ0) is 13.6. The Balaban J connectivity index is 1.85. The minimum Gasteiger partial charge on any atom is -0.395 e. The van der Waals surface area contributed by atoms with Crippen molar-refractivity contribution in [1.82, 2.24) is 9.80 Å². The van der Waals surface area contributed by atoms with E-state index in [9.17, 15) is 4.79 Å². The number of aliphatic hydroxyl groups excluding tert-OH is 1. The Morgan fingerprint density at radius 3 is 2.63 bits per heavy atom. The lowest BCUT2D eigenvalue weighted by molar-refractivity contribution is -0.125. The molecule has 19 heavy (non-hydrogen) atoms. The number of ether oxygens (including phenoxy) is 1. The minimum atomic E-state index is -0.287. The molecule has 110 valence electrons. The maximum atomic E-state index is 11.5. The molecule has 2 saturated heterocycles. The fraction of sp³-hybridized carbons (Fsp3) is 0.929. The highest BCUT2D eigenvalue weighted by Gasteiger charge is 2.34. The second-order valence-electron chi connectivity index (χ2n) is 5.83. The van der Waals surface area contributed by atoms with Crippen molar-refractivity contribution >= 4 is 6.29 Å². The van der Waals surface area contributed by atoms with E-state index in [-0.39, 0.29) is 12.0 Å². The second kappa shape index (κ2) is 7.33. The average molecular weight is 270 g/mol. The van der Waals surface area contributed by atoms with Crippen LogP contribution in [0.2, 0.25) is 0 Å². The molecule has 1 atom stereocenters. The number of aliphatic hydroxyl groups is 1. The topological polar surface area (TPSA) is 53.0 Å². The van der Waals surface area contributed by atoms with E-state index in [0.717, 1.165) is 71.4 Å². The van der Waals surface area contributed by atoms with Crippen molar-refractivity contribution in [2.75, 3.05) is 59.1 Å². The molecule has 5 heteroatoms. The van der Waals surface area contributed by atoms with Gasteiger partial charge in [0, 0.05) is 32.8 Å². The minimum absolute atomic E-state index is 0.228. The van der Waals surface area contributed by atoms with Crippen LogP contribution >= 0.6 is 0 Å². The molecule has 0 saturated carbocycles. The van der Waals surface area contributed by atoms with Crippen LogP contribution in [0, 0.1) is 5.41 Å². The zero-order valence-electron chi connectivity index (χ0n) is 11.7. The van der Waals surface area contributed by atoms with E-state index in [4.69, 9.17) is 9.84 Å². The average Bonchev–Trinajstić information content (AvgIpc) is 2.66. The quantitative estimate of drug-likeness (QED) is 0.712. The van der Waals surface area contributed by atoms with Gasteiger partial charge in [0.15, 0.2) is 0 Å². The summed E-state index contributed by atoms with van der Waals surface area (Å²) in [4.78, 5) is 16.1. The molecule has 2 aliphatic rings. The first-order valence-corrected chi connectivity index (χ1v) is 7.38. The SMILES string of the molecule is O=CC1(CN2CCCN(CCO)CC2)CCCOC1. The van der Waals surface area contributed by atoms with E-state index in [0.29, 0.717) is 6.61 Å². The molecule has 0 spiro atoms. The number of hydrogen-bond donors (Lipinski definition) is 1. The highest BCUT2D eigenvalue weighted by Crippen LogP contribution is 2.27. The van der Waals surface area contributed by atoms with E-state index in [1.54, 1.807) is 0 Å². The monoisotopic (exact) mass is 270 g/mol. The molecule has 2 heterocycles. The molecule has 1 N–H and O–H groups in total. The lowest BCUT2D eigenvalue weighted by Crippen LogP contribution is -2.45. The van der Waals surface area contributed by atoms with Gasteiger partial charge in [0.25, 0.3) is 0 Å². The van der Waals surface area contributed by atoms with Crippen molar-refractivity contribution in [2.24, 2.45) is 5.41 Å². The number of nitrogens with zero attached hydrogens (tertiary/aromatic N) is 2. The summed E-state index contributed by atoms with van der Waals surface area (Å²) in [5, 5.41) is 9.00. The molecule has 1 unspecified atom stereocenters. The largest absolute Gasteiger partial charge is 0.395 e. The van der Waals surface area contributed by atoms with Crippen LogP contribution in [0.15, 0.2) is 0 Å². The molecule has 2 fully saturated rings. The van der Waals surface area contributed by atoms with E-state index in [1.165, 1.54) is 0 Å². The van der Waals surface area contributed by atoms with E-state index in [1.807, 2.05) is 0 Å². The standard InChI is InChI=1S/C14H26N2O3/c17-9-8-15-4-2-5-16(7-6-15)11-14(12-18)3-1-10-19-13-14/h12,17H,1-11,13H2. The van der Waals surface area contributed by atoms with Gasteiger partial charge in [-0.3, -0.25) is 4.90 Å². The van der Waals surface area contributed by atoms with E-state index < -0.39 is 0 Å². The Hall–Kier alpha value is -0.490. The summed E-state index contributed by atoms with van der Waals surface area (Å²) in [6.45, 7) is 7.23. The summed E-state index contributed by atoms with van der Waals surface area (Å²) in [7, 11) is 0. The van der Waals surface area contributed by atoms with Gasteiger partial charge < -0.3 is 19.5 Å². The van der Waals surface area contributed by atoms with Crippen LogP contribution < -0.4 is 0 Å². The molecule has 0 radical (unpaired) electrons. The Labute approximate surface area is 115 Å². The van der Waals surface area contributed by atoms with Gasteiger partial charge >= 0.3 is 0 Å². The van der Waals surface area contributed by atoms with Crippen LogP contribution in [0.3, 0.4) is 0 Å². The Morgan fingerprint density at radius 2 is 1.95 bits per heavy atom. The number of β-amino-alcohol motifs (C(OH)–C–C–N with tert-alkyl or cyclic N) is 1. The van der Waals surface area contributed by atoms with Crippen LogP contribution in [0.4, 0.5) is 0 Å². The van der Waals surface area contributed by atoms with E-state index in [2.05, 4.69) is 9.80 Å². The third-order valence-electron chi connectivity index (χ3n) is 4.24. The first-order valence-electron chi connectivity index (χ1n) is 7.38. The number of hydrogen-bond acceptors (Lipinski definition) is 5. The molecule has 0 bridgehead atoms. The van der Waals surface area contributed by atoms with Crippen molar-refractivity contribution < 1.29 is 14.6 Å². The Bertz CT molecular complexity index is 280. The summed E-state index contributed by atoms with van der Waals surface area (Å²) in [5.74, 6) is 0. The summed E-state index contributed by atoms with van der Waals surface area (Å²) in [5.41, 5.74) is -0.287. The highest BCUT2D eigenvalue weighted by atomic mass is 16.5. The smallest absolute Gasteiger partial charge is 0.129 e. The predicted molar refractivity (Wildman–Crippen MR) is 73.1 cm³/mol. The van der Waals surface area contributed by atoms with Crippen molar-refractivity contribution in [3.8, 4) is 0 Å². The summed E-state index contributed by atoms with van der Waals surface area (Å²) >= 11 is 0. The van der Waals surface area contributed by atoms with Crippen molar-refractivity contribution in [3.63, 3.8) is 0 Å². The van der Waals surface area contributed by atoms with Gasteiger partial charge in [-0.1, -0.05) is 0 Å². The molecular formula is C14H26N2O3. The first kappa shape index (κ1) is 14.9. The first-order chi connectivity index (χ1) is 9.28. The van der Waals surface area contributed by atoms with Crippen LogP contribution in [0.5, 0.6) is 0 Å². The van der Waals surface area contributed by atoms with Crippen molar-refractivity contribution in [2.45, 2.75) is 19.3 Å². The molecular weight excluding hydrogens is 244 g/mol. The fourth-order valence-electron chi connectivity index (χ4n) is 3.12. The maximum absolute atomic E-state index is 11.5. The van der Waals surface area contributed by atoms with Gasteiger partial charge in [0.2, 0.25) is 0 Å². The molecule has 2 rings (SSSR count). The van der Waals surface area contributed by atoms with Crippen molar-refractivity contribution in [3.05, 3.63) is 0 Å². The van der Waals surface area contributed by atoms with Crippen molar-refractivity contribution in [1.29, 1.82) is 0 Å². The van der Waals surface area contributed by atoms with Gasteiger partial charge in [0.05, 0.1) is 18.6 Å². The second-order valence-corrected chi connectivity index (χ2v) is 5.83. The summed E-state index contributed by atoms with van der Waals surface area (Å²) in [6.07, 6.45) is 4.16. The van der Waals surface area contributed by atoms with E-state index >= 15 is 0 Å². The molecule has 0 amide bonds. The molecule has 5 nitrogen and oxygen atoms in total. The Kier molecular flexibility index (Phi) is 5.76. The molecule has 0 aromatic carbocycles. The summed E-state index contributed by atoms with van der Waals surface area (Å²) in [6, 6.07) is 0. The maximum Gasteiger partial charge on any atom is 0.129 e. The number of carbonyl (C=O) groups excluding carboxylic acids is 1. The number of rotatable bonds is 5. The lowest BCUT2D eigenvalue weighted by atomic mass is 9.83. The lowest BCUT2D eigenvalue weighted by Gasteiger charge is -2.36. The fourth-order valence-corrected chi connectivity index (χ4v) is 3.12. The highest BCUT2D eigenvalue weighted by molar-refractivity contribution is 5.60. The predicted octanol–water partition coefficient (Wildman–Crippen LogP) is -0.0179. The Morgan fingerprint density at radius 1 is 1.16 bits per heavy atom. The zero-order valence-corrected chi connectivity index (χ0v) is 11.7. The van der Waals surface area contributed by atoms with Crippen LogP contribution in [-0.2, 0) is 9.53 Å². The number of aldehydes is 1. The van der Waals surface area contributed by atoms with Crippen LogP contribution in [0.25, 0.3) is 0 Å². The normalized spacial score (nSPS) is 31.0. The third-order valence-corrected chi connectivity index (χ3v) is 4.24.